The zero-order chi connectivity index (χ0) is 42.3. The first-order valence-electron chi connectivity index (χ1n) is 22.6. The highest BCUT2D eigenvalue weighted by Crippen LogP contribution is 2.12. The van der Waals surface area contributed by atoms with Crippen molar-refractivity contribution in [3.63, 3.8) is 0 Å². The fraction of sp³-hybridized carbons (Fsp3) is 0.558. The van der Waals surface area contributed by atoms with Crippen molar-refractivity contribution in [3.05, 3.63) is 122 Å². The number of unbranched alkanes of at least 4 members (excludes halogenated alkanes) is 13. The lowest BCUT2D eigenvalue weighted by Crippen LogP contribution is -2.30. The van der Waals surface area contributed by atoms with Gasteiger partial charge in [-0.25, -0.2) is 0 Å². The van der Waals surface area contributed by atoms with E-state index in [2.05, 4.69) is 87.6 Å². The average Bonchev–Trinajstić information content (AvgIpc) is 3.22. The van der Waals surface area contributed by atoms with Gasteiger partial charge in [-0.05, 0) is 83.5 Å². The van der Waals surface area contributed by atoms with E-state index in [0.717, 1.165) is 128 Å². The van der Waals surface area contributed by atoms with Gasteiger partial charge in [-0.3, -0.25) is 14.4 Å². The van der Waals surface area contributed by atoms with Crippen LogP contribution < -0.4 is 0 Å². The Hall–Kier alpha value is -4.19. The summed E-state index contributed by atoms with van der Waals surface area (Å²) in [6, 6.07) is 0. The van der Waals surface area contributed by atoms with Crippen LogP contribution in [0.1, 0.15) is 168 Å². The van der Waals surface area contributed by atoms with Crippen molar-refractivity contribution in [2.24, 2.45) is 0 Å². The molecule has 0 bridgehead atoms. The van der Waals surface area contributed by atoms with Crippen molar-refractivity contribution in [2.75, 3.05) is 13.2 Å². The number of carbonyl (C=O) groups excluding carboxylic acids is 3. The van der Waals surface area contributed by atoms with Gasteiger partial charge >= 0.3 is 17.9 Å². The number of rotatable bonds is 38. The zero-order valence-electron chi connectivity index (χ0n) is 36.8. The molecule has 0 rings (SSSR count). The summed E-state index contributed by atoms with van der Waals surface area (Å²) in [6.07, 6.45) is 61.8. The summed E-state index contributed by atoms with van der Waals surface area (Å²) < 4.78 is 16.6. The molecule has 6 nitrogen and oxygen atoms in total. The number of ether oxygens (including phenoxy) is 3. The summed E-state index contributed by atoms with van der Waals surface area (Å²) in [5.41, 5.74) is 0. The molecule has 324 valence electrons. The van der Waals surface area contributed by atoms with Crippen molar-refractivity contribution < 1.29 is 28.6 Å². The third-order valence-corrected chi connectivity index (χ3v) is 8.88. The molecule has 0 aliphatic carbocycles. The molecule has 0 N–H and O–H groups in total. The van der Waals surface area contributed by atoms with Crippen molar-refractivity contribution in [1.29, 1.82) is 0 Å². The van der Waals surface area contributed by atoms with Crippen LogP contribution in [-0.4, -0.2) is 37.2 Å². The minimum atomic E-state index is -0.814. The van der Waals surface area contributed by atoms with E-state index in [1.807, 2.05) is 54.7 Å². The number of allylic oxidation sites excluding steroid dienone is 20. The Morgan fingerprint density at radius 1 is 0.362 bits per heavy atom. The SMILES string of the molecule is CC\C=C/C=C\C=C/C=C\C=C/CCCCCC(=O)OCC(COC(=O)CCCCCCC/C=C\C/C=C\CC)OC(=O)CCCCCCC\C=C/C=C\C=C/CC. The average molecular weight is 801 g/mol. The molecule has 0 aliphatic rings. The first kappa shape index (κ1) is 53.8. The summed E-state index contributed by atoms with van der Waals surface area (Å²) in [4.78, 5) is 37.8. The lowest BCUT2D eigenvalue weighted by atomic mass is 10.1. The summed E-state index contributed by atoms with van der Waals surface area (Å²) in [5.74, 6) is -1.00. The van der Waals surface area contributed by atoms with Gasteiger partial charge in [-0.1, -0.05) is 187 Å². The molecule has 0 heterocycles. The molecular weight excluding hydrogens is 721 g/mol. The van der Waals surface area contributed by atoms with Crippen LogP contribution in [0.4, 0.5) is 0 Å². The molecule has 0 aromatic carbocycles. The van der Waals surface area contributed by atoms with Crippen molar-refractivity contribution in [3.8, 4) is 0 Å². The minimum absolute atomic E-state index is 0.112. The van der Waals surface area contributed by atoms with Gasteiger partial charge in [-0.2, -0.15) is 0 Å². The van der Waals surface area contributed by atoms with Crippen LogP contribution in [0.5, 0.6) is 0 Å². The Kier molecular flexibility index (Phi) is 42.2. The third kappa shape index (κ3) is 42.9. The number of hydrogen-bond donors (Lipinski definition) is 0. The monoisotopic (exact) mass is 801 g/mol. The largest absolute Gasteiger partial charge is 0.462 e. The second-order valence-electron chi connectivity index (χ2n) is 14.3. The van der Waals surface area contributed by atoms with Gasteiger partial charge in [0.25, 0.3) is 0 Å². The molecule has 0 fully saturated rings. The third-order valence-electron chi connectivity index (χ3n) is 8.88. The summed E-state index contributed by atoms with van der Waals surface area (Å²) in [7, 11) is 0. The van der Waals surface area contributed by atoms with Crippen molar-refractivity contribution in [1.82, 2.24) is 0 Å². The molecule has 0 aromatic rings. The number of carbonyl (C=O) groups is 3. The first-order chi connectivity index (χ1) is 28.5. The van der Waals surface area contributed by atoms with Gasteiger partial charge in [-0.15, -0.1) is 0 Å². The minimum Gasteiger partial charge on any atom is -0.462 e. The zero-order valence-corrected chi connectivity index (χ0v) is 36.8. The normalized spacial score (nSPS) is 13.2. The van der Waals surface area contributed by atoms with E-state index in [9.17, 15) is 14.4 Å². The van der Waals surface area contributed by atoms with Crippen LogP contribution in [0, 0.1) is 0 Å². The van der Waals surface area contributed by atoms with Crippen molar-refractivity contribution in [2.45, 2.75) is 175 Å². The van der Waals surface area contributed by atoms with E-state index in [4.69, 9.17) is 14.2 Å². The van der Waals surface area contributed by atoms with Crippen LogP contribution in [-0.2, 0) is 28.6 Å². The molecule has 6 heteroatoms. The number of esters is 3. The van der Waals surface area contributed by atoms with E-state index < -0.39 is 6.10 Å². The lowest BCUT2D eigenvalue weighted by molar-refractivity contribution is -0.167. The van der Waals surface area contributed by atoms with Crippen molar-refractivity contribution >= 4 is 17.9 Å². The molecule has 0 radical (unpaired) electrons. The van der Waals surface area contributed by atoms with E-state index >= 15 is 0 Å². The van der Waals surface area contributed by atoms with Crippen LogP contribution in [0.15, 0.2) is 122 Å². The molecule has 58 heavy (non-hydrogen) atoms. The quantitative estimate of drug-likeness (QED) is 0.0203. The second-order valence-corrected chi connectivity index (χ2v) is 14.3. The van der Waals surface area contributed by atoms with Gasteiger partial charge in [0.1, 0.15) is 13.2 Å². The highest BCUT2D eigenvalue weighted by molar-refractivity contribution is 5.71. The van der Waals surface area contributed by atoms with Gasteiger partial charge < -0.3 is 14.2 Å². The van der Waals surface area contributed by atoms with E-state index in [1.54, 1.807) is 0 Å². The molecule has 1 unspecified atom stereocenters. The first-order valence-corrected chi connectivity index (χ1v) is 22.6. The molecule has 1 atom stereocenters. The van der Waals surface area contributed by atoms with E-state index in [1.165, 1.54) is 0 Å². The molecule has 0 aromatic heterocycles. The Labute approximate surface area is 354 Å². The summed E-state index contributed by atoms with van der Waals surface area (Å²) in [5, 5.41) is 0. The standard InChI is InChI=1S/C52H80O6/c1-4-7-10-13-16-19-22-25-26-28-30-33-36-39-42-45-51(54)57-48-49(47-56-50(53)44-41-38-35-32-29-24-21-18-15-12-9-6-3)58-52(55)46-43-40-37-34-31-27-23-20-17-14-11-8-5-2/h7-14,16-23,25-26,28,30,49H,4-6,15,24,27,29,31-48H2,1-3H3/b10-7-,11-8-,12-9-,16-13-,17-14-,21-18-,22-19-,23-20-,26-25-,30-28-. The highest BCUT2D eigenvalue weighted by atomic mass is 16.6. The van der Waals surface area contributed by atoms with Crippen LogP contribution in [0.3, 0.4) is 0 Å². The van der Waals surface area contributed by atoms with Gasteiger partial charge in [0.05, 0.1) is 0 Å². The molecular formula is C52H80O6. The highest BCUT2D eigenvalue weighted by Gasteiger charge is 2.19. The Bertz CT molecular complexity index is 1290. The Morgan fingerprint density at radius 3 is 1.17 bits per heavy atom. The van der Waals surface area contributed by atoms with Crippen LogP contribution in [0.25, 0.3) is 0 Å². The predicted octanol–water partition coefficient (Wildman–Crippen LogP) is 14.6. The fourth-order valence-corrected chi connectivity index (χ4v) is 5.56. The van der Waals surface area contributed by atoms with E-state index in [0.29, 0.717) is 12.8 Å². The van der Waals surface area contributed by atoms with E-state index in [-0.39, 0.29) is 37.5 Å². The molecule has 0 spiro atoms. The Balaban J connectivity index is 4.55. The lowest BCUT2D eigenvalue weighted by Gasteiger charge is -2.18. The smallest absolute Gasteiger partial charge is 0.306 e. The molecule has 0 amide bonds. The van der Waals surface area contributed by atoms with Gasteiger partial charge in [0.2, 0.25) is 0 Å². The maximum atomic E-state index is 12.7. The Morgan fingerprint density at radius 2 is 0.707 bits per heavy atom. The summed E-state index contributed by atoms with van der Waals surface area (Å²) in [6.45, 7) is 6.14. The topological polar surface area (TPSA) is 78.9 Å². The predicted molar refractivity (Wildman–Crippen MR) is 246 cm³/mol. The molecule has 0 saturated carbocycles. The van der Waals surface area contributed by atoms with Gasteiger partial charge in [0, 0.05) is 19.3 Å². The van der Waals surface area contributed by atoms with Crippen LogP contribution in [0.2, 0.25) is 0 Å². The fourth-order valence-electron chi connectivity index (χ4n) is 5.56. The van der Waals surface area contributed by atoms with Crippen LogP contribution >= 0.6 is 0 Å². The number of hydrogen-bond acceptors (Lipinski definition) is 6. The maximum Gasteiger partial charge on any atom is 0.306 e. The molecule has 0 aliphatic heterocycles. The van der Waals surface area contributed by atoms with Gasteiger partial charge in [0.15, 0.2) is 6.10 Å². The maximum absolute atomic E-state index is 12.7. The molecule has 0 saturated heterocycles. The summed E-state index contributed by atoms with van der Waals surface area (Å²) >= 11 is 0. The second kappa shape index (κ2) is 45.5.